The van der Waals surface area contributed by atoms with Crippen molar-refractivity contribution in [1.29, 1.82) is 0 Å². The zero-order chi connectivity index (χ0) is 18.2. The van der Waals surface area contributed by atoms with Crippen molar-refractivity contribution in [2.75, 3.05) is 38.1 Å². The smallest absolute Gasteiger partial charge is 0.262 e. The third-order valence-corrected chi connectivity index (χ3v) is 6.16. The van der Waals surface area contributed by atoms with Crippen LogP contribution in [0.25, 0.3) is 0 Å². The summed E-state index contributed by atoms with van der Waals surface area (Å²) in [6.45, 7) is 4.83. The first-order chi connectivity index (χ1) is 11.8. The fourth-order valence-electron chi connectivity index (χ4n) is 2.89. The molecule has 1 aromatic carbocycles. The van der Waals surface area contributed by atoms with Crippen LogP contribution < -0.4 is 10.1 Å². The van der Waals surface area contributed by atoms with Crippen molar-refractivity contribution >= 4 is 27.5 Å². The number of sulfonamides is 1. The topological polar surface area (TPSA) is 96.0 Å². The molecular weight excluding hydrogens is 346 g/mol. The van der Waals surface area contributed by atoms with E-state index in [1.807, 2.05) is 13.8 Å². The minimum absolute atomic E-state index is 0.0330. The first-order valence-electron chi connectivity index (χ1n) is 8.14. The minimum atomic E-state index is -3.69. The van der Waals surface area contributed by atoms with Crippen molar-refractivity contribution in [1.82, 2.24) is 9.21 Å². The molecule has 1 fully saturated rings. The van der Waals surface area contributed by atoms with E-state index in [2.05, 4.69) is 5.32 Å². The van der Waals surface area contributed by atoms with Gasteiger partial charge in [-0.15, -0.1) is 0 Å². The van der Waals surface area contributed by atoms with Gasteiger partial charge in [0.2, 0.25) is 15.9 Å². The number of hydrogen-bond donors (Lipinski definition) is 1. The van der Waals surface area contributed by atoms with E-state index in [9.17, 15) is 18.0 Å². The van der Waals surface area contributed by atoms with Crippen LogP contribution in [0.4, 0.5) is 5.69 Å². The van der Waals surface area contributed by atoms with Crippen LogP contribution in [0.2, 0.25) is 0 Å². The number of nitrogens with one attached hydrogen (secondary N) is 1. The Morgan fingerprint density at radius 3 is 2.52 bits per heavy atom. The number of nitrogens with zero attached hydrogens (tertiary/aromatic N) is 2. The lowest BCUT2D eigenvalue weighted by Gasteiger charge is -2.35. The molecule has 3 rings (SSSR count). The molecule has 0 unspecified atom stereocenters. The highest BCUT2D eigenvalue weighted by Gasteiger charge is 2.31. The van der Waals surface area contributed by atoms with E-state index in [4.69, 9.17) is 4.74 Å². The van der Waals surface area contributed by atoms with Gasteiger partial charge in [0.15, 0.2) is 6.61 Å². The predicted octanol–water partition coefficient (Wildman–Crippen LogP) is 0.506. The number of carbonyl (C=O) groups excluding carboxylic acids is 2. The van der Waals surface area contributed by atoms with Gasteiger partial charge in [0.1, 0.15) is 5.75 Å². The Hall–Kier alpha value is -2.13. The minimum Gasteiger partial charge on any atom is -0.482 e. The van der Waals surface area contributed by atoms with Crippen molar-refractivity contribution in [3.63, 3.8) is 0 Å². The molecule has 9 heteroatoms. The standard InChI is InChI=1S/C16H21N3O5S/c1-11(2)16(21)18-5-7-19(8-6-18)25(22,23)12-3-4-14-13(9-12)17-15(20)10-24-14/h3-4,9,11H,5-8,10H2,1-2H3,(H,17,20). The van der Waals surface area contributed by atoms with Gasteiger partial charge in [0.05, 0.1) is 10.6 Å². The van der Waals surface area contributed by atoms with Gasteiger partial charge in [-0.2, -0.15) is 4.31 Å². The highest BCUT2D eigenvalue weighted by atomic mass is 32.2. The Balaban J connectivity index is 1.76. The number of anilines is 1. The lowest BCUT2D eigenvalue weighted by molar-refractivity contribution is -0.135. The van der Waals surface area contributed by atoms with Crippen molar-refractivity contribution in [3.8, 4) is 5.75 Å². The van der Waals surface area contributed by atoms with E-state index in [-0.39, 0.29) is 42.3 Å². The molecule has 0 aromatic heterocycles. The molecule has 1 saturated heterocycles. The maximum Gasteiger partial charge on any atom is 0.262 e. The SMILES string of the molecule is CC(C)C(=O)N1CCN(S(=O)(=O)c2ccc3c(c2)NC(=O)CO3)CC1. The molecule has 0 radical (unpaired) electrons. The number of piperazine rings is 1. The summed E-state index contributed by atoms with van der Waals surface area (Å²) < 4.78 is 32.3. The van der Waals surface area contributed by atoms with Crippen molar-refractivity contribution in [3.05, 3.63) is 18.2 Å². The van der Waals surface area contributed by atoms with Gasteiger partial charge in [-0.05, 0) is 18.2 Å². The van der Waals surface area contributed by atoms with Crippen LogP contribution in [0.3, 0.4) is 0 Å². The molecule has 0 spiro atoms. The molecule has 136 valence electrons. The Bertz CT molecular complexity index is 798. The fraction of sp³-hybridized carbons (Fsp3) is 0.500. The Kier molecular flexibility index (Phi) is 4.70. The summed E-state index contributed by atoms with van der Waals surface area (Å²) in [7, 11) is -3.69. The number of carbonyl (C=O) groups is 2. The van der Waals surface area contributed by atoms with E-state index >= 15 is 0 Å². The molecule has 0 saturated carbocycles. The molecule has 0 aliphatic carbocycles. The highest BCUT2D eigenvalue weighted by Crippen LogP contribution is 2.31. The van der Waals surface area contributed by atoms with Gasteiger partial charge in [-0.3, -0.25) is 9.59 Å². The summed E-state index contributed by atoms with van der Waals surface area (Å²) in [6.07, 6.45) is 0. The van der Waals surface area contributed by atoms with Crippen LogP contribution in [0.15, 0.2) is 23.1 Å². The van der Waals surface area contributed by atoms with Gasteiger partial charge in [-0.25, -0.2) is 8.42 Å². The van der Waals surface area contributed by atoms with E-state index < -0.39 is 10.0 Å². The van der Waals surface area contributed by atoms with Crippen molar-refractivity contribution in [2.45, 2.75) is 18.7 Å². The molecule has 2 aliphatic heterocycles. The molecule has 2 amide bonds. The molecule has 25 heavy (non-hydrogen) atoms. The lowest BCUT2D eigenvalue weighted by atomic mass is 10.2. The van der Waals surface area contributed by atoms with Crippen LogP contribution in [0, 0.1) is 5.92 Å². The third kappa shape index (κ3) is 3.47. The Morgan fingerprint density at radius 1 is 1.20 bits per heavy atom. The van der Waals surface area contributed by atoms with Gasteiger partial charge in [-0.1, -0.05) is 13.8 Å². The fourth-order valence-corrected chi connectivity index (χ4v) is 4.33. The zero-order valence-corrected chi connectivity index (χ0v) is 15.0. The summed E-state index contributed by atoms with van der Waals surface area (Å²) in [4.78, 5) is 25.2. The molecule has 0 bridgehead atoms. The maximum atomic E-state index is 12.8. The molecule has 2 heterocycles. The van der Waals surface area contributed by atoms with Crippen LogP contribution in [-0.2, 0) is 19.6 Å². The van der Waals surface area contributed by atoms with Crippen LogP contribution in [0.5, 0.6) is 5.75 Å². The first-order valence-corrected chi connectivity index (χ1v) is 9.58. The van der Waals surface area contributed by atoms with Gasteiger partial charge in [0, 0.05) is 32.1 Å². The highest BCUT2D eigenvalue weighted by molar-refractivity contribution is 7.89. The molecule has 2 aliphatic rings. The largest absolute Gasteiger partial charge is 0.482 e. The number of ether oxygens (including phenoxy) is 1. The number of fused-ring (bicyclic) bond motifs is 1. The summed E-state index contributed by atoms with van der Waals surface area (Å²) in [6, 6.07) is 4.42. The molecule has 1 aromatic rings. The predicted molar refractivity (Wildman–Crippen MR) is 90.7 cm³/mol. The summed E-state index contributed by atoms with van der Waals surface area (Å²) in [5, 5.41) is 2.61. The normalized spacial score (nSPS) is 18.5. The first kappa shape index (κ1) is 17.7. The molecule has 1 N–H and O–H groups in total. The van der Waals surface area contributed by atoms with Gasteiger partial charge in [0.25, 0.3) is 5.91 Å². The lowest BCUT2D eigenvalue weighted by Crippen LogP contribution is -2.51. The second-order valence-electron chi connectivity index (χ2n) is 6.38. The van der Waals surface area contributed by atoms with Gasteiger partial charge >= 0.3 is 0 Å². The molecule has 0 atom stereocenters. The van der Waals surface area contributed by atoms with Gasteiger partial charge < -0.3 is 15.0 Å². The third-order valence-electron chi connectivity index (χ3n) is 4.27. The van der Waals surface area contributed by atoms with E-state index in [1.54, 1.807) is 11.0 Å². The van der Waals surface area contributed by atoms with Crippen molar-refractivity contribution < 1.29 is 22.7 Å². The summed E-state index contributed by atoms with van der Waals surface area (Å²) in [5.74, 6) is 0.0619. The second kappa shape index (κ2) is 6.64. The quantitative estimate of drug-likeness (QED) is 0.840. The molecular formula is C16H21N3O5S. The van der Waals surface area contributed by atoms with E-state index in [1.165, 1.54) is 16.4 Å². The van der Waals surface area contributed by atoms with Crippen LogP contribution >= 0.6 is 0 Å². The average molecular weight is 367 g/mol. The number of amides is 2. The Morgan fingerprint density at radius 2 is 1.88 bits per heavy atom. The van der Waals surface area contributed by atoms with Crippen LogP contribution in [-0.4, -0.2) is 62.2 Å². The second-order valence-corrected chi connectivity index (χ2v) is 8.32. The maximum absolute atomic E-state index is 12.8. The molecule has 8 nitrogen and oxygen atoms in total. The average Bonchev–Trinajstić information content (AvgIpc) is 2.60. The van der Waals surface area contributed by atoms with Crippen molar-refractivity contribution in [2.24, 2.45) is 5.92 Å². The number of hydrogen-bond acceptors (Lipinski definition) is 5. The van der Waals surface area contributed by atoms with E-state index in [0.29, 0.717) is 24.5 Å². The summed E-state index contributed by atoms with van der Waals surface area (Å²) >= 11 is 0. The number of rotatable bonds is 3. The Labute approximate surface area is 146 Å². The summed E-state index contributed by atoms with van der Waals surface area (Å²) in [5.41, 5.74) is 0.353. The monoisotopic (exact) mass is 367 g/mol. The van der Waals surface area contributed by atoms with E-state index in [0.717, 1.165) is 0 Å². The number of benzene rings is 1. The van der Waals surface area contributed by atoms with Crippen LogP contribution in [0.1, 0.15) is 13.8 Å². The zero-order valence-electron chi connectivity index (χ0n) is 14.2.